The van der Waals surface area contributed by atoms with Crippen molar-refractivity contribution in [3.8, 4) is 5.75 Å². The number of ether oxygens (including phenoxy) is 2. The molecule has 1 aromatic carbocycles. The highest BCUT2D eigenvalue weighted by Crippen LogP contribution is 2.25. The van der Waals surface area contributed by atoms with Gasteiger partial charge in [-0.3, -0.25) is 9.59 Å². The molecule has 7 nitrogen and oxygen atoms in total. The summed E-state index contributed by atoms with van der Waals surface area (Å²) in [6.45, 7) is 19.1. The van der Waals surface area contributed by atoms with Crippen LogP contribution < -0.4 is 15.6 Å². The molecule has 0 radical (unpaired) electrons. The minimum atomic E-state index is -0.396. The van der Waals surface area contributed by atoms with Crippen molar-refractivity contribution in [2.24, 2.45) is 11.8 Å². The van der Waals surface area contributed by atoms with Crippen LogP contribution in [0, 0.1) is 11.8 Å². The van der Waals surface area contributed by atoms with Gasteiger partial charge in [-0.25, -0.2) is 4.98 Å². The number of benzene rings is 1. The van der Waals surface area contributed by atoms with Gasteiger partial charge in [0.25, 0.3) is 5.56 Å². The number of rotatable bonds is 4. The van der Waals surface area contributed by atoms with Crippen LogP contribution in [0.5, 0.6) is 5.75 Å². The number of carbonyl (C=O) groups excluding carboxylic acids is 1. The Hall–Kier alpha value is -2.12. The van der Waals surface area contributed by atoms with Gasteiger partial charge in [0.1, 0.15) is 17.4 Å². The molecular weight excluding hydrogens is 454 g/mol. The fourth-order valence-corrected chi connectivity index (χ4v) is 3.57. The minimum Gasteiger partial charge on any atom is -0.497 e. The molecule has 0 amide bonds. The highest BCUT2D eigenvalue weighted by molar-refractivity contribution is 6.29. The number of aromatic nitrogens is 2. The van der Waals surface area contributed by atoms with Crippen molar-refractivity contribution in [3.63, 3.8) is 0 Å². The summed E-state index contributed by atoms with van der Waals surface area (Å²) in [7, 11) is 1.56. The van der Waals surface area contributed by atoms with E-state index in [2.05, 4.69) is 29.1 Å². The molecule has 1 aromatic heterocycles. The van der Waals surface area contributed by atoms with Crippen molar-refractivity contribution in [2.75, 3.05) is 13.7 Å². The lowest BCUT2D eigenvalue weighted by Gasteiger charge is -2.25. The zero-order valence-electron chi connectivity index (χ0n) is 22.5. The molecule has 2 heterocycles. The summed E-state index contributed by atoms with van der Waals surface area (Å²) in [5.41, 5.74) is 0.463. The van der Waals surface area contributed by atoms with E-state index in [9.17, 15) is 9.59 Å². The van der Waals surface area contributed by atoms with Crippen LogP contribution in [0.15, 0.2) is 23.0 Å². The topological polar surface area (TPSA) is 93.3 Å². The Balaban J connectivity index is 0.000000561. The molecule has 1 aliphatic heterocycles. The molecule has 2 atom stereocenters. The predicted octanol–water partition coefficient (Wildman–Crippen LogP) is 5.99. The maximum absolute atomic E-state index is 12.0. The van der Waals surface area contributed by atoms with E-state index in [-0.39, 0.29) is 22.8 Å². The first-order valence-electron chi connectivity index (χ1n) is 12.2. The third-order valence-corrected chi connectivity index (χ3v) is 4.90. The molecule has 0 bridgehead atoms. The number of carbonyl (C=O) groups is 1. The number of hydrogen-bond acceptors (Lipinski definition) is 6. The van der Waals surface area contributed by atoms with Gasteiger partial charge in [-0.05, 0) is 64.1 Å². The molecule has 8 heteroatoms. The number of methoxy groups -OCH3 is 1. The summed E-state index contributed by atoms with van der Waals surface area (Å²) < 4.78 is 10.4. The lowest BCUT2D eigenvalue weighted by Crippen LogP contribution is -2.41. The van der Waals surface area contributed by atoms with Crippen molar-refractivity contribution in [3.05, 3.63) is 33.7 Å². The number of nitrogens with one attached hydrogen (secondary N) is 2. The molecule has 0 spiro atoms. The highest BCUT2D eigenvalue weighted by atomic mass is 35.5. The van der Waals surface area contributed by atoms with E-state index in [1.54, 1.807) is 25.3 Å². The van der Waals surface area contributed by atoms with Gasteiger partial charge in [-0.1, -0.05) is 53.1 Å². The van der Waals surface area contributed by atoms with Crippen molar-refractivity contribution < 1.29 is 14.3 Å². The van der Waals surface area contributed by atoms with Crippen molar-refractivity contribution >= 4 is 28.6 Å². The Kier molecular flexibility index (Phi) is 14.7. The fourth-order valence-electron chi connectivity index (χ4n) is 3.43. The molecule has 1 fully saturated rings. The number of esters is 1. The van der Waals surface area contributed by atoms with E-state index in [0.717, 1.165) is 19.4 Å². The van der Waals surface area contributed by atoms with Crippen LogP contribution >= 0.6 is 11.6 Å². The average Bonchev–Trinajstić information content (AvgIpc) is 3.24. The average molecular weight is 498 g/mol. The standard InChI is InChI=1S/C13H25NO2.C9H7ClN2O2.2C2H6/c1-9(2)8-10-6-7-14-11(10)12(15)16-13(3,4)5;1-14-5-2-3-6-7(4-5)12-9(13)8(10)11-6;2*1-2/h9-11,14H,6-8H2,1-5H3;2-4H,1H3,(H,12,13);2*1-2H3. The minimum absolute atomic E-state index is 0.0531. The van der Waals surface area contributed by atoms with Crippen molar-refractivity contribution in [2.45, 2.75) is 86.8 Å². The van der Waals surface area contributed by atoms with Gasteiger partial charge in [-0.15, -0.1) is 0 Å². The van der Waals surface area contributed by atoms with Crippen LogP contribution in [0.1, 0.15) is 75.2 Å². The molecule has 0 aliphatic carbocycles. The van der Waals surface area contributed by atoms with E-state index in [1.807, 2.05) is 48.5 Å². The van der Waals surface area contributed by atoms with Crippen LogP contribution in [0.4, 0.5) is 0 Å². The van der Waals surface area contributed by atoms with E-state index < -0.39 is 5.56 Å². The van der Waals surface area contributed by atoms with E-state index >= 15 is 0 Å². The summed E-state index contributed by atoms with van der Waals surface area (Å²) in [6.07, 6.45) is 2.18. The smallest absolute Gasteiger partial charge is 0.323 e. The van der Waals surface area contributed by atoms with E-state index in [1.165, 1.54) is 0 Å². The summed E-state index contributed by atoms with van der Waals surface area (Å²) in [4.78, 5) is 29.6. The van der Waals surface area contributed by atoms with Gasteiger partial charge in [0.05, 0.1) is 18.1 Å². The van der Waals surface area contributed by atoms with Gasteiger partial charge in [0, 0.05) is 6.07 Å². The molecule has 1 aliphatic rings. The number of halogens is 1. The first-order valence-corrected chi connectivity index (χ1v) is 12.6. The molecule has 3 rings (SSSR count). The van der Waals surface area contributed by atoms with Crippen LogP contribution in [-0.2, 0) is 9.53 Å². The summed E-state index contributed by atoms with van der Waals surface area (Å²) >= 11 is 5.58. The Bertz CT molecular complexity index is 922. The maximum atomic E-state index is 12.0. The maximum Gasteiger partial charge on any atom is 0.323 e. The lowest BCUT2D eigenvalue weighted by molar-refractivity contribution is -0.158. The van der Waals surface area contributed by atoms with E-state index in [4.69, 9.17) is 21.1 Å². The quantitative estimate of drug-likeness (QED) is 0.504. The summed E-state index contributed by atoms with van der Waals surface area (Å²) in [5, 5.41) is 3.21. The molecule has 1 saturated heterocycles. The normalized spacial score (nSPS) is 16.9. The SMILES string of the molecule is CC.CC.CC(C)CC1CCNC1C(=O)OC(C)(C)C.COc1ccc2nc(Cl)c(=O)[nH]c2c1. The Morgan fingerprint density at radius 3 is 2.35 bits per heavy atom. The largest absolute Gasteiger partial charge is 0.497 e. The molecule has 2 unspecified atom stereocenters. The number of H-pyrrole nitrogens is 1. The second-order valence-corrected chi connectivity index (χ2v) is 9.24. The molecule has 2 N–H and O–H groups in total. The molecule has 0 saturated carbocycles. The predicted molar refractivity (Wildman–Crippen MR) is 142 cm³/mol. The second kappa shape index (κ2) is 15.7. The van der Waals surface area contributed by atoms with Crippen LogP contribution in [-0.4, -0.2) is 41.2 Å². The first-order chi connectivity index (χ1) is 16.0. The van der Waals surface area contributed by atoms with Gasteiger partial charge >= 0.3 is 5.97 Å². The Morgan fingerprint density at radius 1 is 1.21 bits per heavy atom. The number of aromatic amines is 1. The molecule has 34 heavy (non-hydrogen) atoms. The van der Waals surface area contributed by atoms with Crippen LogP contribution in [0.3, 0.4) is 0 Å². The van der Waals surface area contributed by atoms with E-state index in [0.29, 0.717) is 28.6 Å². The number of hydrogen-bond donors (Lipinski definition) is 2. The lowest BCUT2D eigenvalue weighted by atomic mass is 9.91. The van der Waals surface area contributed by atoms with Gasteiger partial charge in [0.15, 0.2) is 5.15 Å². The van der Waals surface area contributed by atoms with Crippen molar-refractivity contribution in [1.29, 1.82) is 0 Å². The third kappa shape index (κ3) is 10.9. The van der Waals surface area contributed by atoms with Crippen LogP contribution in [0.2, 0.25) is 5.15 Å². The zero-order chi connectivity index (χ0) is 26.5. The first kappa shape index (κ1) is 31.9. The Labute approximate surface area is 210 Å². The molecule has 194 valence electrons. The summed E-state index contributed by atoms with van der Waals surface area (Å²) in [5.74, 6) is 1.65. The second-order valence-electron chi connectivity index (χ2n) is 8.88. The number of nitrogens with zero attached hydrogens (tertiary/aromatic N) is 1. The number of fused-ring (bicyclic) bond motifs is 1. The van der Waals surface area contributed by atoms with Gasteiger partial charge < -0.3 is 19.8 Å². The third-order valence-electron chi connectivity index (χ3n) is 4.64. The molecule has 2 aromatic rings. The monoisotopic (exact) mass is 497 g/mol. The zero-order valence-corrected chi connectivity index (χ0v) is 23.3. The Morgan fingerprint density at radius 2 is 1.82 bits per heavy atom. The van der Waals surface area contributed by atoms with Crippen molar-refractivity contribution in [1.82, 2.24) is 15.3 Å². The summed E-state index contributed by atoms with van der Waals surface area (Å²) in [6, 6.07) is 5.08. The van der Waals surface area contributed by atoms with Crippen LogP contribution in [0.25, 0.3) is 11.0 Å². The van der Waals surface area contributed by atoms with Gasteiger partial charge in [-0.2, -0.15) is 0 Å². The van der Waals surface area contributed by atoms with Gasteiger partial charge in [0.2, 0.25) is 0 Å². The molecular formula is C26H44ClN3O4. The fraction of sp³-hybridized carbons (Fsp3) is 0.654. The highest BCUT2D eigenvalue weighted by Gasteiger charge is 2.35.